The second-order valence-corrected chi connectivity index (χ2v) is 15.8. The van der Waals surface area contributed by atoms with Gasteiger partial charge in [0.1, 0.15) is 42.1 Å². The molecule has 0 saturated carbocycles. The van der Waals surface area contributed by atoms with Crippen LogP contribution in [0.25, 0.3) is 0 Å². The van der Waals surface area contributed by atoms with Crippen LogP contribution in [-0.4, -0.2) is 88.7 Å². The van der Waals surface area contributed by atoms with Crippen LogP contribution in [0.15, 0.2) is 22.7 Å². The lowest BCUT2D eigenvalue weighted by atomic mass is 10.00. The molecule has 0 bridgehead atoms. The van der Waals surface area contributed by atoms with Crippen LogP contribution in [-0.2, 0) is 49.5 Å². The van der Waals surface area contributed by atoms with Crippen molar-refractivity contribution in [3.05, 3.63) is 28.2 Å². The molecule has 56 heavy (non-hydrogen) atoms. The van der Waals surface area contributed by atoms with Crippen LogP contribution in [0, 0.1) is 11.8 Å². The second kappa shape index (κ2) is 23.4. The van der Waals surface area contributed by atoms with Crippen LogP contribution in [0.2, 0.25) is 0 Å². The van der Waals surface area contributed by atoms with Gasteiger partial charge in [0.15, 0.2) is 0 Å². The minimum absolute atomic E-state index is 0.0577. The molecule has 0 unspecified atom stereocenters. The number of benzene rings is 1. The number of ether oxygens (including phenoxy) is 1. The molecule has 1 heterocycles. The molecule has 6 atom stereocenters. The van der Waals surface area contributed by atoms with E-state index < -0.39 is 102 Å². The highest BCUT2D eigenvalue weighted by atomic mass is 79.9. The third-order valence-corrected chi connectivity index (χ3v) is 9.77. The average Bonchev–Trinajstić information content (AvgIpc) is 3.09. The second-order valence-electron chi connectivity index (χ2n) is 15.0. The summed E-state index contributed by atoms with van der Waals surface area (Å²) >= 11 is 3.33. The number of primary amides is 2. The van der Waals surface area contributed by atoms with E-state index in [-0.39, 0.29) is 24.5 Å². The van der Waals surface area contributed by atoms with Crippen molar-refractivity contribution in [3.63, 3.8) is 0 Å². The minimum atomic E-state index is -1.62. The number of unbranched alkanes of at least 4 members (excludes halogenated alkanes) is 5. The number of hydrogen-bond donors (Lipinski definition) is 8. The van der Waals surface area contributed by atoms with Gasteiger partial charge < -0.3 is 47.9 Å². The maximum atomic E-state index is 13.8. The third-order valence-electron chi connectivity index (χ3n) is 9.13. The summed E-state index contributed by atoms with van der Waals surface area (Å²) in [7, 11) is 0. The maximum absolute atomic E-state index is 13.8. The highest BCUT2D eigenvalue weighted by molar-refractivity contribution is 9.10. The van der Waals surface area contributed by atoms with Crippen molar-refractivity contribution in [1.29, 1.82) is 0 Å². The molecule has 18 heteroatoms. The quantitative estimate of drug-likeness (QED) is 0.0821. The average molecular weight is 853 g/mol. The van der Waals surface area contributed by atoms with Crippen molar-refractivity contribution in [2.45, 2.75) is 142 Å². The fraction of sp³-hybridized carbons (Fsp3) is 0.632. The van der Waals surface area contributed by atoms with Gasteiger partial charge in [-0.3, -0.25) is 33.6 Å². The van der Waals surface area contributed by atoms with Crippen LogP contribution >= 0.6 is 15.9 Å². The largest absolute Gasteiger partial charge is 0.507 e. The zero-order valence-corrected chi connectivity index (χ0v) is 34.4. The molecule has 0 aromatic heterocycles. The SMILES string of the molecule is CC(C)C[C@@H]1NC(=O)[C@H](CC(N)=O)NC(=O)[C@H](CC(N)=O)NC(=O)[C@H](C(C)C)NC(=O)[C@@H](NC(=O)CCCCCCCCc2ccc(O)c(Br)c2)[C@@H](C)OC1=O. The number of phenols is 1. The molecule has 2 rings (SSSR count). The highest BCUT2D eigenvalue weighted by Crippen LogP contribution is 2.25. The fourth-order valence-electron chi connectivity index (χ4n) is 6.09. The first-order valence-electron chi connectivity index (χ1n) is 19.0. The molecule has 1 fully saturated rings. The Morgan fingerprint density at radius 2 is 1.32 bits per heavy atom. The number of rotatable bonds is 17. The van der Waals surface area contributed by atoms with Crippen LogP contribution in [0.5, 0.6) is 5.75 Å². The number of hydrogen-bond acceptors (Lipinski definition) is 10. The summed E-state index contributed by atoms with van der Waals surface area (Å²) in [5, 5.41) is 22.1. The van der Waals surface area contributed by atoms with Crippen molar-refractivity contribution in [3.8, 4) is 5.75 Å². The molecule has 0 radical (unpaired) electrons. The Labute approximate surface area is 336 Å². The fourth-order valence-corrected chi connectivity index (χ4v) is 6.52. The lowest BCUT2D eigenvalue weighted by Gasteiger charge is -2.31. The Morgan fingerprint density at radius 3 is 1.86 bits per heavy atom. The molecule has 312 valence electrons. The van der Waals surface area contributed by atoms with Gasteiger partial charge in [-0.25, -0.2) is 4.79 Å². The van der Waals surface area contributed by atoms with Crippen LogP contribution < -0.4 is 38.1 Å². The van der Waals surface area contributed by atoms with Gasteiger partial charge in [0.05, 0.1) is 17.3 Å². The van der Waals surface area contributed by atoms with Crippen LogP contribution in [0.4, 0.5) is 0 Å². The van der Waals surface area contributed by atoms with E-state index in [0.29, 0.717) is 10.9 Å². The normalized spacial score (nSPS) is 22.8. The van der Waals surface area contributed by atoms with Crippen LogP contribution in [0.3, 0.4) is 0 Å². The number of carbonyl (C=O) groups is 8. The van der Waals surface area contributed by atoms with Gasteiger partial charge in [-0.15, -0.1) is 0 Å². The lowest BCUT2D eigenvalue weighted by Crippen LogP contribution is -2.62. The first kappa shape index (κ1) is 47.4. The number of cyclic esters (lactones) is 1. The van der Waals surface area contributed by atoms with E-state index >= 15 is 0 Å². The molecular formula is C38H58BrN7O10. The predicted molar refractivity (Wildman–Crippen MR) is 209 cm³/mol. The Kier molecular flexibility index (Phi) is 19.8. The summed E-state index contributed by atoms with van der Waals surface area (Å²) in [4.78, 5) is 105. The molecule has 17 nitrogen and oxygen atoms in total. The van der Waals surface area contributed by atoms with Crippen molar-refractivity contribution < 1.29 is 48.2 Å². The summed E-state index contributed by atoms with van der Waals surface area (Å²) in [6, 6.07) is -1.89. The van der Waals surface area contributed by atoms with E-state index in [4.69, 9.17) is 16.2 Å². The van der Waals surface area contributed by atoms with Crippen LogP contribution in [0.1, 0.15) is 104 Å². The summed E-state index contributed by atoms with van der Waals surface area (Å²) in [6.07, 6.45) is 3.38. The molecule has 1 aromatic carbocycles. The Balaban J connectivity index is 2.26. The van der Waals surface area contributed by atoms with E-state index in [9.17, 15) is 43.5 Å². The van der Waals surface area contributed by atoms with Gasteiger partial charge in [-0.1, -0.05) is 59.4 Å². The van der Waals surface area contributed by atoms with E-state index in [2.05, 4.69) is 42.5 Å². The van der Waals surface area contributed by atoms with Gasteiger partial charge in [0.2, 0.25) is 41.4 Å². The molecule has 1 aliphatic heterocycles. The van der Waals surface area contributed by atoms with Gasteiger partial charge in [-0.2, -0.15) is 0 Å². The number of aromatic hydroxyl groups is 1. The zero-order chi connectivity index (χ0) is 42.1. The first-order chi connectivity index (χ1) is 26.3. The monoisotopic (exact) mass is 851 g/mol. The summed E-state index contributed by atoms with van der Waals surface area (Å²) in [6.45, 7) is 8.17. The highest BCUT2D eigenvalue weighted by Gasteiger charge is 2.38. The summed E-state index contributed by atoms with van der Waals surface area (Å²) < 4.78 is 6.32. The maximum Gasteiger partial charge on any atom is 0.328 e. The van der Waals surface area contributed by atoms with E-state index in [1.165, 1.54) is 6.92 Å². The number of halogens is 1. The van der Waals surface area contributed by atoms with Gasteiger partial charge in [0.25, 0.3) is 0 Å². The molecular weight excluding hydrogens is 794 g/mol. The summed E-state index contributed by atoms with van der Waals surface area (Å²) in [5.41, 5.74) is 11.8. The van der Waals surface area contributed by atoms with Crippen molar-refractivity contribution >= 4 is 63.2 Å². The minimum Gasteiger partial charge on any atom is -0.507 e. The summed E-state index contributed by atoms with van der Waals surface area (Å²) in [5.74, 6) is -7.73. The molecule has 10 N–H and O–H groups in total. The standard InChI is InChI=1S/C38H58BrN7O10/c1-20(2)16-27-38(55)56-22(5)33(45-31(50)13-11-9-7-6-8-10-12-23-14-15-28(47)24(39)17-23)37(54)46-32(21(3)4)36(53)43-26(19-30(41)49)34(51)42-25(18-29(40)48)35(52)44-27/h14-15,17,20-22,25-27,32-33,47H,6-13,16,18-19H2,1-5H3,(H2,40,48)(H2,41,49)(H,42,51)(H,43,53)(H,44,52)(H,45,50)(H,46,54)/t22-,25+,26+,27+,32+,33+/m1/s1. The van der Waals surface area contributed by atoms with Crippen molar-refractivity contribution in [2.24, 2.45) is 23.3 Å². The number of aryl methyl sites for hydroxylation is 1. The molecule has 7 amide bonds. The van der Waals surface area contributed by atoms with Crippen molar-refractivity contribution in [1.82, 2.24) is 26.6 Å². The van der Waals surface area contributed by atoms with E-state index in [0.717, 1.165) is 44.1 Å². The molecule has 1 aromatic rings. The van der Waals surface area contributed by atoms with Crippen molar-refractivity contribution in [2.75, 3.05) is 0 Å². The zero-order valence-electron chi connectivity index (χ0n) is 32.8. The Morgan fingerprint density at radius 1 is 0.786 bits per heavy atom. The topological polar surface area (TPSA) is 278 Å². The molecule has 0 aliphatic carbocycles. The number of carbonyl (C=O) groups excluding carboxylic acids is 8. The van der Waals surface area contributed by atoms with Gasteiger partial charge >= 0.3 is 5.97 Å². The molecule has 0 spiro atoms. The molecule has 1 aliphatic rings. The number of esters is 1. The smallest absolute Gasteiger partial charge is 0.328 e. The van der Waals surface area contributed by atoms with Gasteiger partial charge in [-0.05, 0) is 78.1 Å². The van der Waals surface area contributed by atoms with Gasteiger partial charge in [0, 0.05) is 6.42 Å². The Bertz CT molecular complexity index is 1570. The number of amides is 7. The first-order valence-corrected chi connectivity index (χ1v) is 19.8. The predicted octanol–water partition coefficient (Wildman–Crippen LogP) is 1.25. The third kappa shape index (κ3) is 16.5. The van der Waals surface area contributed by atoms with E-state index in [1.807, 2.05) is 12.1 Å². The van der Waals surface area contributed by atoms with E-state index in [1.54, 1.807) is 33.8 Å². The Hall–Kier alpha value is -4.74. The number of nitrogens with two attached hydrogens (primary N) is 2. The lowest BCUT2D eigenvalue weighted by molar-refractivity contribution is -0.156. The number of nitrogens with one attached hydrogen (secondary N) is 5. The molecule has 1 saturated heterocycles. The number of phenolic OH excluding ortho intramolecular Hbond substituents is 1.